The lowest BCUT2D eigenvalue weighted by molar-refractivity contribution is -0.127. The summed E-state index contributed by atoms with van der Waals surface area (Å²) in [6.07, 6.45) is 2.26. The van der Waals surface area contributed by atoms with Gasteiger partial charge in [-0.3, -0.25) is 4.79 Å². The quantitative estimate of drug-likeness (QED) is 0.907. The van der Waals surface area contributed by atoms with Crippen LogP contribution in [0.25, 0.3) is 0 Å². The number of rotatable bonds is 3. The van der Waals surface area contributed by atoms with Crippen LogP contribution in [0, 0.1) is 0 Å². The van der Waals surface area contributed by atoms with Gasteiger partial charge >= 0.3 is 0 Å². The first-order chi connectivity index (χ1) is 10.3. The van der Waals surface area contributed by atoms with Gasteiger partial charge in [0.2, 0.25) is 0 Å². The first kappa shape index (κ1) is 12.4. The third-order valence-corrected chi connectivity index (χ3v) is 4.05. The first-order valence-corrected chi connectivity index (χ1v) is 7.24. The van der Waals surface area contributed by atoms with E-state index in [9.17, 15) is 4.79 Å². The standard InChI is InChI=1S/C15H16N4O2/c20-15(12-8-10-4-1-2-5-11(10)21-12)16-9-14-18-17-13-6-3-7-19(13)14/h1-2,4-5,12H,3,6-9H2,(H,16,20)/t12-/m0/s1. The molecule has 4 rings (SSSR count). The fraction of sp³-hybridized carbons (Fsp3) is 0.400. The number of benzene rings is 1. The Labute approximate surface area is 122 Å². The summed E-state index contributed by atoms with van der Waals surface area (Å²) >= 11 is 0. The van der Waals surface area contributed by atoms with Crippen LogP contribution in [0.1, 0.15) is 23.6 Å². The van der Waals surface area contributed by atoms with Crippen molar-refractivity contribution in [3.8, 4) is 5.75 Å². The van der Waals surface area contributed by atoms with Crippen molar-refractivity contribution in [3.05, 3.63) is 41.5 Å². The second kappa shape index (κ2) is 4.87. The molecule has 6 nitrogen and oxygen atoms in total. The van der Waals surface area contributed by atoms with E-state index in [1.54, 1.807) is 0 Å². The van der Waals surface area contributed by atoms with Crippen molar-refractivity contribution in [2.75, 3.05) is 0 Å². The van der Waals surface area contributed by atoms with E-state index in [1.165, 1.54) is 0 Å². The van der Waals surface area contributed by atoms with Crippen molar-refractivity contribution in [2.45, 2.75) is 38.5 Å². The summed E-state index contributed by atoms with van der Waals surface area (Å²) in [5.74, 6) is 2.55. The summed E-state index contributed by atoms with van der Waals surface area (Å²) in [4.78, 5) is 12.2. The Morgan fingerprint density at radius 1 is 1.38 bits per heavy atom. The molecule has 0 bridgehead atoms. The highest BCUT2D eigenvalue weighted by molar-refractivity contribution is 5.82. The van der Waals surface area contributed by atoms with Crippen LogP contribution in [0.2, 0.25) is 0 Å². The number of para-hydroxylation sites is 1. The normalized spacial score (nSPS) is 19.0. The average molecular weight is 284 g/mol. The van der Waals surface area contributed by atoms with E-state index in [-0.39, 0.29) is 5.91 Å². The van der Waals surface area contributed by atoms with E-state index in [0.717, 1.165) is 42.3 Å². The number of fused-ring (bicyclic) bond motifs is 2. The highest BCUT2D eigenvalue weighted by Crippen LogP contribution is 2.28. The maximum atomic E-state index is 12.2. The van der Waals surface area contributed by atoms with Gasteiger partial charge in [0.15, 0.2) is 11.9 Å². The molecule has 0 radical (unpaired) electrons. The molecule has 1 atom stereocenters. The Kier molecular flexibility index (Phi) is 2.87. The topological polar surface area (TPSA) is 69.0 Å². The third-order valence-electron chi connectivity index (χ3n) is 4.05. The molecule has 0 spiro atoms. The molecule has 1 aromatic carbocycles. The Morgan fingerprint density at radius 2 is 2.29 bits per heavy atom. The van der Waals surface area contributed by atoms with Gasteiger partial charge in [-0.15, -0.1) is 10.2 Å². The molecule has 2 aliphatic rings. The van der Waals surface area contributed by atoms with Gasteiger partial charge in [-0.25, -0.2) is 0 Å². The molecule has 3 heterocycles. The zero-order valence-electron chi connectivity index (χ0n) is 11.6. The molecule has 2 aliphatic heterocycles. The van der Waals surface area contributed by atoms with E-state index in [2.05, 4.69) is 20.1 Å². The Hall–Kier alpha value is -2.37. The molecule has 1 N–H and O–H groups in total. The number of hydrogen-bond acceptors (Lipinski definition) is 4. The number of nitrogens with zero attached hydrogens (tertiary/aromatic N) is 3. The Bertz CT molecular complexity index is 670. The number of carbonyl (C=O) groups excluding carboxylic acids is 1. The molecular formula is C15H16N4O2. The van der Waals surface area contributed by atoms with Gasteiger partial charge < -0.3 is 14.6 Å². The number of hydrogen-bond donors (Lipinski definition) is 1. The van der Waals surface area contributed by atoms with Gasteiger partial charge in [-0.2, -0.15) is 0 Å². The lowest BCUT2D eigenvalue weighted by atomic mass is 10.1. The molecule has 0 saturated heterocycles. The highest BCUT2D eigenvalue weighted by atomic mass is 16.5. The maximum absolute atomic E-state index is 12.2. The molecule has 0 saturated carbocycles. The van der Waals surface area contributed by atoms with Crippen molar-refractivity contribution in [2.24, 2.45) is 0 Å². The predicted molar refractivity (Wildman–Crippen MR) is 74.8 cm³/mol. The molecule has 0 unspecified atom stereocenters. The molecule has 6 heteroatoms. The lowest BCUT2D eigenvalue weighted by Gasteiger charge is -2.11. The second-order valence-corrected chi connectivity index (χ2v) is 5.42. The van der Waals surface area contributed by atoms with Crippen molar-refractivity contribution in [3.63, 3.8) is 0 Å². The molecule has 108 valence electrons. The van der Waals surface area contributed by atoms with Crippen LogP contribution in [0.15, 0.2) is 24.3 Å². The third kappa shape index (κ3) is 2.16. The molecule has 0 fully saturated rings. The average Bonchev–Trinajstić information content (AvgIpc) is 3.19. The van der Waals surface area contributed by atoms with Crippen molar-refractivity contribution >= 4 is 5.91 Å². The largest absolute Gasteiger partial charge is 0.480 e. The van der Waals surface area contributed by atoms with Crippen LogP contribution < -0.4 is 10.1 Å². The number of carbonyl (C=O) groups is 1. The van der Waals surface area contributed by atoms with Crippen LogP contribution in [-0.2, 0) is 30.7 Å². The zero-order valence-corrected chi connectivity index (χ0v) is 11.6. The fourth-order valence-electron chi connectivity index (χ4n) is 2.95. The van der Waals surface area contributed by atoms with Gasteiger partial charge in [0.1, 0.15) is 11.6 Å². The van der Waals surface area contributed by atoms with Gasteiger partial charge in [0.25, 0.3) is 5.91 Å². The maximum Gasteiger partial charge on any atom is 0.261 e. The van der Waals surface area contributed by atoms with E-state index in [4.69, 9.17) is 4.74 Å². The number of amides is 1. The molecular weight excluding hydrogens is 268 g/mol. The minimum atomic E-state index is -0.441. The summed E-state index contributed by atoms with van der Waals surface area (Å²) in [6, 6.07) is 7.77. The predicted octanol–water partition coefficient (Wildman–Crippen LogP) is 0.844. The van der Waals surface area contributed by atoms with Crippen LogP contribution in [0.5, 0.6) is 5.75 Å². The molecule has 2 aromatic rings. The monoisotopic (exact) mass is 284 g/mol. The van der Waals surface area contributed by atoms with Crippen LogP contribution in [0.3, 0.4) is 0 Å². The van der Waals surface area contributed by atoms with Gasteiger partial charge in [0, 0.05) is 19.4 Å². The fourth-order valence-corrected chi connectivity index (χ4v) is 2.95. The van der Waals surface area contributed by atoms with Gasteiger partial charge in [0.05, 0.1) is 6.54 Å². The van der Waals surface area contributed by atoms with Crippen LogP contribution in [-0.4, -0.2) is 26.8 Å². The number of nitrogens with one attached hydrogen (secondary N) is 1. The molecule has 0 aliphatic carbocycles. The molecule has 1 amide bonds. The minimum absolute atomic E-state index is 0.0958. The lowest BCUT2D eigenvalue weighted by Crippen LogP contribution is -2.37. The van der Waals surface area contributed by atoms with Crippen LogP contribution >= 0.6 is 0 Å². The number of ether oxygens (including phenoxy) is 1. The summed E-state index contributed by atoms with van der Waals surface area (Å²) in [5, 5.41) is 11.2. The van der Waals surface area contributed by atoms with Gasteiger partial charge in [-0.1, -0.05) is 18.2 Å². The van der Waals surface area contributed by atoms with E-state index in [1.807, 2.05) is 24.3 Å². The van der Waals surface area contributed by atoms with E-state index < -0.39 is 6.10 Å². The molecule has 21 heavy (non-hydrogen) atoms. The van der Waals surface area contributed by atoms with Crippen molar-refractivity contribution < 1.29 is 9.53 Å². The summed E-state index contributed by atoms with van der Waals surface area (Å²) < 4.78 is 7.76. The van der Waals surface area contributed by atoms with Crippen molar-refractivity contribution in [1.29, 1.82) is 0 Å². The Balaban J connectivity index is 1.39. The summed E-state index contributed by atoms with van der Waals surface area (Å²) in [5.41, 5.74) is 1.08. The van der Waals surface area contributed by atoms with E-state index in [0.29, 0.717) is 13.0 Å². The summed E-state index contributed by atoms with van der Waals surface area (Å²) in [6.45, 7) is 1.35. The highest BCUT2D eigenvalue weighted by Gasteiger charge is 2.29. The van der Waals surface area contributed by atoms with Crippen molar-refractivity contribution in [1.82, 2.24) is 20.1 Å². The molecule has 1 aromatic heterocycles. The Morgan fingerprint density at radius 3 is 3.19 bits per heavy atom. The number of aromatic nitrogens is 3. The van der Waals surface area contributed by atoms with Gasteiger partial charge in [-0.05, 0) is 18.1 Å². The first-order valence-electron chi connectivity index (χ1n) is 7.24. The summed E-state index contributed by atoms with van der Waals surface area (Å²) in [7, 11) is 0. The number of aryl methyl sites for hydroxylation is 1. The zero-order chi connectivity index (χ0) is 14.2. The SMILES string of the molecule is O=C(NCc1nnc2n1CCC2)[C@@H]1Cc2ccccc2O1. The van der Waals surface area contributed by atoms with E-state index >= 15 is 0 Å². The second-order valence-electron chi connectivity index (χ2n) is 5.42. The smallest absolute Gasteiger partial charge is 0.261 e. The minimum Gasteiger partial charge on any atom is -0.480 e. The van der Waals surface area contributed by atoms with Crippen LogP contribution in [0.4, 0.5) is 0 Å².